The number of halogens is 1. The first-order valence-electron chi connectivity index (χ1n) is 7.10. The molecule has 2 fully saturated rings. The average Bonchev–Trinajstić information content (AvgIpc) is 3.22. The number of rotatable bonds is 5. The van der Waals surface area contributed by atoms with Gasteiger partial charge in [-0.25, -0.2) is 4.39 Å². The molecule has 0 radical (unpaired) electrons. The van der Waals surface area contributed by atoms with E-state index < -0.39 is 0 Å². The van der Waals surface area contributed by atoms with E-state index in [2.05, 4.69) is 12.2 Å². The maximum atomic E-state index is 13.5. The quantitative estimate of drug-likeness (QED) is 0.830. The van der Waals surface area contributed by atoms with Gasteiger partial charge in [0.05, 0.1) is 0 Å². The van der Waals surface area contributed by atoms with Crippen LogP contribution in [0.4, 0.5) is 4.39 Å². The third kappa shape index (κ3) is 2.31. The molecular formula is C16H22FN. The first-order chi connectivity index (χ1) is 8.61. The number of hydrogen-bond donors (Lipinski definition) is 1. The summed E-state index contributed by atoms with van der Waals surface area (Å²) in [4.78, 5) is 0. The summed E-state index contributed by atoms with van der Waals surface area (Å²) in [5, 5.41) is 3.60. The minimum absolute atomic E-state index is 0.0931. The number of hydrogen-bond acceptors (Lipinski definition) is 1. The van der Waals surface area contributed by atoms with Crippen molar-refractivity contribution in [3.8, 4) is 0 Å². The average molecular weight is 247 g/mol. The molecule has 2 saturated carbocycles. The maximum absolute atomic E-state index is 13.5. The fourth-order valence-electron chi connectivity index (χ4n) is 2.94. The van der Waals surface area contributed by atoms with Gasteiger partial charge in [0, 0.05) is 12.6 Å². The van der Waals surface area contributed by atoms with Gasteiger partial charge in [-0.05, 0) is 68.1 Å². The molecule has 2 heteroatoms. The van der Waals surface area contributed by atoms with Gasteiger partial charge >= 0.3 is 0 Å². The Kier molecular flexibility index (Phi) is 2.93. The van der Waals surface area contributed by atoms with Crippen molar-refractivity contribution in [2.24, 2.45) is 11.3 Å². The largest absolute Gasteiger partial charge is 0.310 e. The van der Waals surface area contributed by atoms with E-state index in [-0.39, 0.29) is 11.9 Å². The molecule has 0 saturated heterocycles. The zero-order valence-corrected chi connectivity index (χ0v) is 11.3. The Morgan fingerprint density at radius 3 is 2.67 bits per heavy atom. The molecule has 18 heavy (non-hydrogen) atoms. The van der Waals surface area contributed by atoms with E-state index in [4.69, 9.17) is 0 Å². The number of aryl methyl sites for hydroxylation is 1. The summed E-state index contributed by atoms with van der Waals surface area (Å²) in [6, 6.07) is 5.82. The fourth-order valence-corrected chi connectivity index (χ4v) is 2.94. The van der Waals surface area contributed by atoms with E-state index in [1.807, 2.05) is 19.1 Å². The van der Waals surface area contributed by atoms with Gasteiger partial charge in [-0.2, -0.15) is 0 Å². The van der Waals surface area contributed by atoms with Crippen LogP contribution in [0.15, 0.2) is 18.2 Å². The number of nitrogens with one attached hydrogen (secondary N) is 1. The van der Waals surface area contributed by atoms with Gasteiger partial charge in [0.1, 0.15) is 5.82 Å². The summed E-state index contributed by atoms with van der Waals surface area (Å²) < 4.78 is 13.5. The van der Waals surface area contributed by atoms with E-state index in [0.717, 1.165) is 23.6 Å². The molecule has 0 heterocycles. The highest BCUT2D eigenvalue weighted by atomic mass is 19.1. The van der Waals surface area contributed by atoms with Crippen molar-refractivity contribution in [3.05, 3.63) is 35.1 Å². The molecule has 1 atom stereocenters. The molecule has 0 bridgehead atoms. The van der Waals surface area contributed by atoms with E-state index in [1.165, 1.54) is 25.7 Å². The minimum atomic E-state index is -0.0931. The molecule has 1 N–H and O–H groups in total. The predicted molar refractivity (Wildman–Crippen MR) is 71.9 cm³/mol. The molecule has 98 valence electrons. The molecule has 2 aliphatic rings. The van der Waals surface area contributed by atoms with Crippen molar-refractivity contribution < 1.29 is 4.39 Å². The molecule has 1 unspecified atom stereocenters. The van der Waals surface area contributed by atoms with Gasteiger partial charge in [-0.1, -0.05) is 12.1 Å². The Morgan fingerprint density at radius 1 is 1.39 bits per heavy atom. The molecule has 0 amide bonds. The first-order valence-corrected chi connectivity index (χ1v) is 7.10. The van der Waals surface area contributed by atoms with Crippen molar-refractivity contribution in [3.63, 3.8) is 0 Å². The van der Waals surface area contributed by atoms with Crippen LogP contribution in [0.2, 0.25) is 0 Å². The fraction of sp³-hybridized carbons (Fsp3) is 0.625. The van der Waals surface area contributed by atoms with Crippen LogP contribution in [0.5, 0.6) is 0 Å². The molecule has 0 aromatic heterocycles. The van der Waals surface area contributed by atoms with Crippen LogP contribution in [0, 0.1) is 24.1 Å². The van der Waals surface area contributed by atoms with Gasteiger partial charge in [0.15, 0.2) is 0 Å². The van der Waals surface area contributed by atoms with Crippen LogP contribution >= 0.6 is 0 Å². The minimum Gasteiger partial charge on any atom is -0.310 e. The highest BCUT2D eigenvalue weighted by Crippen LogP contribution is 2.60. The topological polar surface area (TPSA) is 12.0 Å². The van der Waals surface area contributed by atoms with Crippen molar-refractivity contribution in [1.82, 2.24) is 5.32 Å². The summed E-state index contributed by atoms with van der Waals surface area (Å²) in [6.45, 7) is 5.05. The molecule has 0 spiro atoms. The summed E-state index contributed by atoms with van der Waals surface area (Å²) in [7, 11) is 0. The number of benzene rings is 1. The highest BCUT2D eigenvalue weighted by molar-refractivity contribution is 5.25. The lowest BCUT2D eigenvalue weighted by Gasteiger charge is -2.20. The molecule has 1 aromatic rings. The van der Waals surface area contributed by atoms with E-state index >= 15 is 0 Å². The molecular weight excluding hydrogens is 225 g/mol. The van der Waals surface area contributed by atoms with Crippen LogP contribution in [0.25, 0.3) is 0 Å². The van der Waals surface area contributed by atoms with Crippen molar-refractivity contribution in [1.29, 1.82) is 0 Å². The summed E-state index contributed by atoms with van der Waals surface area (Å²) in [5.74, 6) is 0.886. The lowest BCUT2D eigenvalue weighted by Crippen LogP contribution is -2.28. The van der Waals surface area contributed by atoms with E-state index in [1.54, 1.807) is 6.07 Å². The molecule has 0 aliphatic heterocycles. The second-order valence-corrected chi connectivity index (χ2v) is 6.25. The standard InChI is InChI=1S/C16H22FN/c1-11-3-4-13(9-15(11)17)12(2)18-10-16(7-8-16)14-5-6-14/h3-4,9,12,14,18H,5-8,10H2,1-2H3. The molecule has 3 rings (SSSR count). The summed E-state index contributed by atoms with van der Waals surface area (Å²) >= 11 is 0. The Balaban J connectivity index is 1.60. The van der Waals surface area contributed by atoms with Crippen LogP contribution in [0.1, 0.15) is 49.8 Å². The third-order valence-corrected chi connectivity index (χ3v) is 4.79. The van der Waals surface area contributed by atoms with Crippen LogP contribution in [-0.4, -0.2) is 6.54 Å². The normalized spacial score (nSPS) is 22.8. The Morgan fingerprint density at radius 2 is 2.11 bits per heavy atom. The Labute approximate surface area is 109 Å². The third-order valence-electron chi connectivity index (χ3n) is 4.79. The zero-order chi connectivity index (χ0) is 12.8. The van der Waals surface area contributed by atoms with E-state index in [0.29, 0.717) is 5.41 Å². The van der Waals surface area contributed by atoms with Crippen molar-refractivity contribution >= 4 is 0 Å². The molecule has 1 aromatic carbocycles. The maximum Gasteiger partial charge on any atom is 0.126 e. The van der Waals surface area contributed by atoms with Gasteiger partial charge in [-0.15, -0.1) is 0 Å². The van der Waals surface area contributed by atoms with E-state index in [9.17, 15) is 4.39 Å². The zero-order valence-electron chi connectivity index (χ0n) is 11.3. The van der Waals surface area contributed by atoms with Crippen molar-refractivity contribution in [2.45, 2.75) is 45.6 Å². The predicted octanol–water partition coefficient (Wildman–Crippen LogP) is 3.97. The lowest BCUT2D eigenvalue weighted by atomic mass is 9.99. The van der Waals surface area contributed by atoms with Crippen LogP contribution in [0.3, 0.4) is 0 Å². The Bertz CT molecular complexity index is 446. The second kappa shape index (κ2) is 4.34. The molecule has 1 nitrogen and oxygen atoms in total. The first kappa shape index (κ1) is 12.2. The van der Waals surface area contributed by atoms with Gasteiger partial charge in [0.2, 0.25) is 0 Å². The van der Waals surface area contributed by atoms with Crippen LogP contribution in [-0.2, 0) is 0 Å². The Hall–Kier alpha value is -0.890. The SMILES string of the molecule is Cc1ccc(C(C)NCC2(C3CC3)CC2)cc1F. The van der Waals surface area contributed by atoms with Gasteiger partial charge in [-0.3, -0.25) is 0 Å². The van der Waals surface area contributed by atoms with Gasteiger partial charge < -0.3 is 5.32 Å². The van der Waals surface area contributed by atoms with Gasteiger partial charge in [0.25, 0.3) is 0 Å². The van der Waals surface area contributed by atoms with Crippen molar-refractivity contribution in [2.75, 3.05) is 6.54 Å². The smallest absolute Gasteiger partial charge is 0.126 e. The summed E-state index contributed by atoms with van der Waals surface area (Å²) in [5.41, 5.74) is 2.39. The van der Waals surface area contributed by atoms with Crippen LogP contribution < -0.4 is 5.32 Å². The monoisotopic (exact) mass is 247 g/mol. The lowest BCUT2D eigenvalue weighted by molar-refractivity contribution is 0.381. The summed E-state index contributed by atoms with van der Waals surface area (Å²) in [6.07, 6.45) is 5.63. The highest BCUT2D eigenvalue weighted by Gasteiger charge is 2.53. The second-order valence-electron chi connectivity index (χ2n) is 6.25. The molecule has 2 aliphatic carbocycles.